The molecular formula is C18H18N6O2. The van der Waals surface area contributed by atoms with Gasteiger partial charge in [0.15, 0.2) is 0 Å². The fourth-order valence-electron chi connectivity index (χ4n) is 2.45. The Morgan fingerprint density at radius 3 is 2.58 bits per heavy atom. The zero-order chi connectivity index (χ0) is 18.4. The van der Waals surface area contributed by atoms with Crippen LogP contribution in [0.3, 0.4) is 0 Å². The number of benzene rings is 2. The minimum atomic E-state index is -0.314. The van der Waals surface area contributed by atoms with Gasteiger partial charge in [0.1, 0.15) is 6.33 Å². The Morgan fingerprint density at radius 1 is 1.08 bits per heavy atom. The smallest absolute Gasteiger partial charge is 0.251 e. The predicted molar refractivity (Wildman–Crippen MR) is 94.5 cm³/mol. The Balaban J connectivity index is 1.53. The highest BCUT2D eigenvalue weighted by Gasteiger charge is 2.11. The van der Waals surface area contributed by atoms with Crippen molar-refractivity contribution < 1.29 is 9.59 Å². The first-order valence-electron chi connectivity index (χ1n) is 8.06. The Hall–Kier alpha value is -3.55. The van der Waals surface area contributed by atoms with Crippen LogP contribution < -0.4 is 10.6 Å². The van der Waals surface area contributed by atoms with Crippen molar-refractivity contribution in [3.8, 4) is 5.69 Å². The van der Waals surface area contributed by atoms with E-state index in [0.29, 0.717) is 12.1 Å². The van der Waals surface area contributed by atoms with E-state index in [1.807, 2.05) is 37.3 Å². The molecule has 0 fully saturated rings. The molecule has 1 heterocycles. The van der Waals surface area contributed by atoms with Gasteiger partial charge in [-0.25, -0.2) is 4.68 Å². The van der Waals surface area contributed by atoms with Crippen LogP contribution in [0.5, 0.6) is 0 Å². The predicted octanol–water partition coefficient (Wildman–Crippen LogP) is 1.02. The number of aryl methyl sites for hydroxylation is 1. The molecule has 0 aliphatic rings. The van der Waals surface area contributed by atoms with Crippen LogP contribution in [0.4, 0.5) is 0 Å². The summed E-state index contributed by atoms with van der Waals surface area (Å²) in [6.45, 7) is 2.20. The van der Waals surface area contributed by atoms with Gasteiger partial charge in [0.25, 0.3) is 5.91 Å². The lowest BCUT2D eigenvalue weighted by Gasteiger charge is -2.09. The van der Waals surface area contributed by atoms with E-state index in [0.717, 1.165) is 16.8 Å². The van der Waals surface area contributed by atoms with Crippen LogP contribution in [0.15, 0.2) is 54.9 Å². The van der Waals surface area contributed by atoms with Crippen LogP contribution in [0.1, 0.15) is 21.5 Å². The van der Waals surface area contributed by atoms with Crippen LogP contribution in [-0.4, -0.2) is 38.6 Å². The van der Waals surface area contributed by atoms with E-state index >= 15 is 0 Å². The lowest BCUT2D eigenvalue weighted by molar-refractivity contribution is -0.120. The molecule has 3 rings (SSSR count). The molecule has 0 saturated carbocycles. The molecule has 0 aliphatic carbocycles. The number of tetrazole rings is 1. The van der Waals surface area contributed by atoms with Crippen LogP contribution in [-0.2, 0) is 11.3 Å². The van der Waals surface area contributed by atoms with Crippen LogP contribution in [0.2, 0.25) is 0 Å². The van der Waals surface area contributed by atoms with Gasteiger partial charge in [0.2, 0.25) is 5.91 Å². The third kappa shape index (κ3) is 4.29. The Labute approximate surface area is 150 Å². The van der Waals surface area contributed by atoms with Gasteiger partial charge in [-0.15, -0.1) is 5.10 Å². The van der Waals surface area contributed by atoms with Crippen LogP contribution in [0.25, 0.3) is 5.69 Å². The normalized spacial score (nSPS) is 10.3. The van der Waals surface area contributed by atoms with E-state index in [2.05, 4.69) is 26.2 Å². The maximum atomic E-state index is 12.2. The molecule has 1 aromatic heterocycles. The lowest BCUT2D eigenvalue weighted by Crippen LogP contribution is -2.36. The molecule has 2 aromatic carbocycles. The van der Waals surface area contributed by atoms with Crippen LogP contribution >= 0.6 is 0 Å². The summed E-state index contributed by atoms with van der Waals surface area (Å²) in [6, 6.07) is 14.7. The highest BCUT2D eigenvalue weighted by Crippen LogP contribution is 2.14. The van der Waals surface area contributed by atoms with Gasteiger partial charge in [-0.05, 0) is 46.7 Å². The lowest BCUT2D eigenvalue weighted by atomic mass is 10.1. The van der Waals surface area contributed by atoms with Crippen molar-refractivity contribution in [1.29, 1.82) is 0 Å². The Morgan fingerprint density at radius 2 is 1.88 bits per heavy atom. The fraction of sp³-hybridized carbons (Fsp3) is 0.167. The second-order valence-electron chi connectivity index (χ2n) is 5.70. The van der Waals surface area contributed by atoms with Gasteiger partial charge in [-0.3, -0.25) is 9.59 Å². The Kier molecular flexibility index (Phi) is 5.33. The number of aromatic nitrogens is 4. The number of nitrogens with zero attached hydrogens (tertiary/aromatic N) is 4. The highest BCUT2D eigenvalue weighted by molar-refractivity contribution is 5.96. The number of rotatable bonds is 6. The monoisotopic (exact) mass is 350 g/mol. The number of hydrogen-bond donors (Lipinski definition) is 2. The average Bonchev–Trinajstić information content (AvgIpc) is 3.19. The highest BCUT2D eigenvalue weighted by atomic mass is 16.2. The summed E-state index contributed by atoms with van der Waals surface area (Å²) in [5.74, 6) is -0.560. The van der Waals surface area contributed by atoms with Gasteiger partial charge in [0, 0.05) is 12.1 Å². The van der Waals surface area contributed by atoms with Gasteiger partial charge in [-0.1, -0.05) is 30.3 Å². The first-order valence-corrected chi connectivity index (χ1v) is 8.06. The summed E-state index contributed by atoms with van der Waals surface area (Å²) in [6.07, 6.45) is 1.49. The molecule has 0 atom stereocenters. The van der Waals surface area contributed by atoms with Crippen molar-refractivity contribution in [2.24, 2.45) is 0 Å². The average molecular weight is 350 g/mol. The summed E-state index contributed by atoms with van der Waals surface area (Å²) in [4.78, 5) is 24.1. The second-order valence-corrected chi connectivity index (χ2v) is 5.70. The van der Waals surface area contributed by atoms with Crippen molar-refractivity contribution in [2.75, 3.05) is 6.54 Å². The summed E-state index contributed by atoms with van der Waals surface area (Å²) in [5, 5.41) is 16.4. The standard InChI is InChI=1S/C18H18N6O2/c1-13-9-15(7-8-16(13)24-12-21-22-23-24)18(26)20-11-17(25)19-10-14-5-3-2-4-6-14/h2-9,12H,10-11H2,1H3,(H,19,25)(H,20,26). The number of hydrogen-bond acceptors (Lipinski definition) is 5. The summed E-state index contributed by atoms with van der Waals surface area (Å²) in [5.41, 5.74) is 3.10. The summed E-state index contributed by atoms with van der Waals surface area (Å²) in [7, 11) is 0. The molecule has 0 spiro atoms. The summed E-state index contributed by atoms with van der Waals surface area (Å²) >= 11 is 0. The minimum Gasteiger partial charge on any atom is -0.350 e. The van der Waals surface area contributed by atoms with E-state index in [1.54, 1.807) is 18.2 Å². The molecule has 8 nitrogen and oxygen atoms in total. The first kappa shape index (κ1) is 17.3. The Bertz CT molecular complexity index is 893. The molecule has 3 aromatic rings. The van der Waals surface area contributed by atoms with Gasteiger partial charge >= 0.3 is 0 Å². The van der Waals surface area contributed by atoms with Crippen LogP contribution in [0, 0.1) is 6.92 Å². The molecular weight excluding hydrogens is 332 g/mol. The van der Waals surface area contributed by atoms with Gasteiger partial charge < -0.3 is 10.6 Å². The van der Waals surface area contributed by atoms with Crippen molar-refractivity contribution in [1.82, 2.24) is 30.8 Å². The topological polar surface area (TPSA) is 102 Å². The van der Waals surface area contributed by atoms with E-state index in [-0.39, 0.29) is 18.4 Å². The number of amides is 2. The van der Waals surface area contributed by atoms with Crippen molar-refractivity contribution >= 4 is 11.8 Å². The molecule has 132 valence electrons. The fourth-order valence-corrected chi connectivity index (χ4v) is 2.45. The molecule has 0 saturated heterocycles. The molecule has 0 bridgehead atoms. The molecule has 2 N–H and O–H groups in total. The SMILES string of the molecule is Cc1cc(C(=O)NCC(=O)NCc2ccccc2)ccc1-n1cnnn1. The quantitative estimate of drug-likeness (QED) is 0.691. The van der Waals surface area contributed by atoms with E-state index in [4.69, 9.17) is 0 Å². The zero-order valence-corrected chi connectivity index (χ0v) is 14.2. The molecule has 8 heteroatoms. The molecule has 2 amide bonds. The first-order chi connectivity index (χ1) is 12.6. The second kappa shape index (κ2) is 8.02. The molecule has 0 radical (unpaired) electrons. The largest absolute Gasteiger partial charge is 0.350 e. The number of nitrogens with one attached hydrogen (secondary N) is 2. The number of carbonyl (C=O) groups is 2. The molecule has 26 heavy (non-hydrogen) atoms. The van der Waals surface area contributed by atoms with E-state index < -0.39 is 0 Å². The van der Waals surface area contributed by atoms with Gasteiger partial charge in [0.05, 0.1) is 12.2 Å². The summed E-state index contributed by atoms with van der Waals surface area (Å²) < 4.78 is 1.52. The minimum absolute atomic E-state index is 0.0839. The zero-order valence-electron chi connectivity index (χ0n) is 14.2. The maximum Gasteiger partial charge on any atom is 0.251 e. The van der Waals surface area contributed by atoms with Gasteiger partial charge in [-0.2, -0.15) is 0 Å². The molecule has 0 unspecified atom stereocenters. The van der Waals surface area contributed by atoms with E-state index in [1.165, 1.54) is 11.0 Å². The third-order valence-electron chi connectivity index (χ3n) is 3.80. The molecule has 0 aliphatic heterocycles. The maximum absolute atomic E-state index is 12.2. The third-order valence-corrected chi connectivity index (χ3v) is 3.80. The van der Waals surface area contributed by atoms with Crippen molar-refractivity contribution in [3.05, 3.63) is 71.5 Å². The van der Waals surface area contributed by atoms with Crippen molar-refractivity contribution in [3.63, 3.8) is 0 Å². The van der Waals surface area contributed by atoms with Crippen molar-refractivity contribution in [2.45, 2.75) is 13.5 Å². The van der Waals surface area contributed by atoms with E-state index in [9.17, 15) is 9.59 Å². The number of carbonyl (C=O) groups excluding carboxylic acids is 2.